The van der Waals surface area contributed by atoms with Crippen molar-refractivity contribution in [3.8, 4) is 0 Å². The molecule has 4 N–H and O–H groups in total. The molecule has 0 aromatic heterocycles. The van der Waals surface area contributed by atoms with E-state index in [1.54, 1.807) is 0 Å². The van der Waals surface area contributed by atoms with Crippen molar-refractivity contribution in [2.75, 3.05) is 11.1 Å². The molecule has 0 spiro atoms. The minimum atomic E-state index is -4.67. The number of anilines is 1. The molecule has 1 unspecified atom stereocenters. The highest BCUT2D eigenvalue weighted by molar-refractivity contribution is 7.80. The summed E-state index contributed by atoms with van der Waals surface area (Å²) in [4.78, 5) is 10.6. The van der Waals surface area contributed by atoms with Crippen molar-refractivity contribution in [3.05, 3.63) is 30.3 Å². The molecule has 0 bridgehead atoms. The summed E-state index contributed by atoms with van der Waals surface area (Å²) in [5.74, 6) is -0.622. The van der Waals surface area contributed by atoms with Crippen LogP contribution in [-0.2, 0) is 15.2 Å². The van der Waals surface area contributed by atoms with Crippen LogP contribution in [0.4, 0.5) is 5.69 Å². The van der Waals surface area contributed by atoms with Crippen LogP contribution in [0.15, 0.2) is 30.3 Å². The van der Waals surface area contributed by atoms with Gasteiger partial charge in [0, 0.05) is 11.4 Å². The normalized spacial score (nSPS) is 11.3. The third-order valence-corrected chi connectivity index (χ3v) is 1.96. The lowest BCUT2D eigenvalue weighted by atomic mass is 10.2. The maximum atomic E-state index is 10.6. The maximum absolute atomic E-state index is 10.6. The molecular formula is C9H14ClNO6S2. The van der Waals surface area contributed by atoms with Gasteiger partial charge in [-0.2, -0.15) is 21.0 Å². The van der Waals surface area contributed by atoms with Crippen LogP contribution in [-0.4, -0.2) is 40.4 Å². The average molecular weight is 332 g/mol. The Kier molecular flexibility index (Phi) is 10.6. The third kappa shape index (κ3) is 13.2. The van der Waals surface area contributed by atoms with Gasteiger partial charge in [0.2, 0.25) is 0 Å². The van der Waals surface area contributed by atoms with E-state index in [0.29, 0.717) is 0 Å². The zero-order chi connectivity index (χ0) is 14.2. The fraction of sp³-hybridized carbons (Fsp3) is 0.222. The van der Waals surface area contributed by atoms with Crippen molar-refractivity contribution in [3.63, 3.8) is 0 Å². The number of rotatable bonds is 4. The number of benzene rings is 1. The maximum Gasteiger partial charge on any atom is 0.394 e. The molecule has 7 nitrogen and oxygen atoms in total. The van der Waals surface area contributed by atoms with E-state index in [1.807, 2.05) is 30.3 Å². The second-order valence-corrected chi connectivity index (χ2v) is 4.29. The molecule has 0 heterocycles. The Labute approximate surface area is 122 Å². The van der Waals surface area contributed by atoms with Gasteiger partial charge in [0.25, 0.3) is 0 Å². The second-order valence-electron chi connectivity index (χ2n) is 3.03. The molecular weight excluding hydrogens is 318 g/mol. The number of halogens is 1. The number of nitrogens with one attached hydrogen (secondary N) is 1. The fourth-order valence-electron chi connectivity index (χ4n) is 0.921. The highest BCUT2D eigenvalue weighted by Gasteiger charge is 2.13. The topological polar surface area (TPSA) is 124 Å². The Balaban J connectivity index is 0. The van der Waals surface area contributed by atoms with Gasteiger partial charge >= 0.3 is 16.4 Å². The summed E-state index contributed by atoms with van der Waals surface area (Å²) in [5, 5.41) is 11.6. The first-order chi connectivity index (χ1) is 8.24. The first kappa shape index (κ1) is 20.3. The van der Waals surface area contributed by atoms with E-state index in [-0.39, 0.29) is 18.2 Å². The lowest BCUT2D eigenvalue weighted by Crippen LogP contribution is -2.30. The monoisotopic (exact) mass is 331 g/mol. The average Bonchev–Trinajstić information content (AvgIpc) is 2.24. The van der Waals surface area contributed by atoms with E-state index >= 15 is 0 Å². The van der Waals surface area contributed by atoms with E-state index in [4.69, 9.17) is 22.6 Å². The van der Waals surface area contributed by atoms with Crippen LogP contribution in [0, 0.1) is 0 Å². The van der Waals surface area contributed by atoms with E-state index in [2.05, 4.69) is 17.9 Å². The number of thiol groups is 1. The van der Waals surface area contributed by atoms with Gasteiger partial charge in [-0.15, -0.1) is 12.4 Å². The van der Waals surface area contributed by atoms with E-state index in [9.17, 15) is 4.79 Å². The first-order valence-corrected chi connectivity index (χ1v) is 6.62. The molecule has 110 valence electrons. The number of carboxylic acid groups (broad SMARTS) is 1. The zero-order valence-corrected chi connectivity index (χ0v) is 12.0. The van der Waals surface area contributed by atoms with Crippen molar-refractivity contribution in [1.82, 2.24) is 0 Å². The molecule has 0 fully saturated rings. The van der Waals surface area contributed by atoms with Crippen molar-refractivity contribution in [1.29, 1.82) is 0 Å². The van der Waals surface area contributed by atoms with Crippen LogP contribution in [0.1, 0.15) is 0 Å². The minimum absolute atomic E-state index is 0. The SMILES string of the molecule is Cl.O=C(O)C(CS)Nc1ccccc1.O=S(=O)(O)O. The first-order valence-electron chi connectivity index (χ1n) is 4.59. The molecule has 0 radical (unpaired) electrons. The Morgan fingerprint density at radius 2 is 1.68 bits per heavy atom. The molecule has 0 amide bonds. The molecule has 0 saturated carbocycles. The van der Waals surface area contributed by atoms with Crippen LogP contribution in [0.3, 0.4) is 0 Å². The zero-order valence-electron chi connectivity index (χ0n) is 9.50. The molecule has 0 aliphatic carbocycles. The highest BCUT2D eigenvalue weighted by atomic mass is 35.5. The Hall–Kier alpha value is -1.00. The van der Waals surface area contributed by atoms with Gasteiger partial charge in [-0.05, 0) is 12.1 Å². The standard InChI is InChI=1S/C9H11NO2S.ClH.H2O4S/c11-9(12)8(6-13)10-7-4-2-1-3-5-7;;1-5(2,3)4/h1-5,8,10,13H,6H2,(H,11,12);1H;(H2,1,2,3,4). The van der Waals surface area contributed by atoms with Gasteiger partial charge < -0.3 is 10.4 Å². The van der Waals surface area contributed by atoms with Gasteiger partial charge in [-0.25, -0.2) is 4.79 Å². The minimum Gasteiger partial charge on any atom is -0.480 e. The predicted octanol–water partition coefficient (Wildman–Crippen LogP) is 1.25. The van der Waals surface area contributed by atoms with E-state index in [1.165, 1.54) is 0 Å². The Bertz CT molecular complexity index is 459. The molecule has 19 heavy (non-hydrogen) atoms. The lowest BCUT2D eigenvalue weighted by molar-refractivity contribution is -0.137. The summed E-state index contributed by atoms with van der Waals surface area (Å²) in [5.41, 5.74) is 0.795. The third-order valence-electron chi connectivity index (χ3n) is 1.60. The molecule has 0 saturated heterocycles. The second kappa shape index (κ2) is 9.87. The summed E-state index contributed by atoms with van der Waals surface area (Å²) in [6, 6.07) is 8.57. The van der Waals surface area contributed by atoms with Crippen LogP contribution in [0.2, 0.25) is 0 Å². The fourth-order valence-corrected chi connectivity index (χ4v) is 1.17. The smallest absolute Gasteiger partial charge is 0.394 e. The van der Waals surface area contributed by atoms with Crippen molar-refractivity contribution < 1.29 is 27.4 Å². The van der Waals surface area contributed by atoms with Crippen molar-refractivity contribution in [2.24, 2.45) is 0 Å². The number of carboxylic acids is 1. The molecule has 1 aromatic carbocycles. The highest BCUT2D eigenvalue weighted by Crippen LogP contribution is 2.07. The summed E-state index contributed by atoms with van der Waals surface area (Å²) in [6.07, 6.45) is 0. The van der Waals surface area contributed by atoms with Gasteiger partial charge in [0.1, 0.15) is 6.04 Å². The van der Waals surface area contributed by atoms with E-state index in [0.717, 1.165) is 5.69 Å². The lowest BCUT2D eigenvalue weighted by Gasteiger charge is -2.12. The van der Waals surface area contributed by atoms with Gasteiger partial charge in [0.05, 0.1) is 0 Å². The number of hydrogen-bond donors (Lipinski definition) is 5. The molecule has 1 aromatic rings. The number of hydrogen-bond acceptors (Lipinski definition) is 5. The van der Waals surface area contributed by atoms with Crippen LogP contribution >= 0.6 is 25.0 Å². The van der Waals surface area contributed by atoms with Crippen molar-refractivity contribution >= 4 is 47.1 Å². The molecule has 1 rings (SSSR count). The number of para-hydroxylation sites is 1. The summed E-state index contributed by atoms with van der Waals surface area (Å²) in [6.45, 7) is 0. The van der Waals surface area contributed by atoms with Gasteiger partial charge in [0.15, 0.2) is 0 Å². The van der Waals surface area contributed by atoms with Crippen LogP contribution in [0.5, 0.6) is 0 Å². The summed E-state index contributed by atoms with van der Waals surface area (Å²) >= 11 is 3.94. The largest absolute Gasteiger partial charge is 0.480 e. The van der Waals surface area contributed by atoms with Crippen LogP contribution in [0.25, 0.3) is 0 Å². The van der Waals surface area contributed by atoms with E-state index < -0.39 is 22.4 Å². The predicted molar refractivity (Wildman–Crippen MR) is 76.8 cm³/mol. The Morgan fingerprint density at radius 1 is 1.26 bits per heavy atom. The molecule has 0 aliphatic heterocycles. The molecule has 0 aliphatic rings. The van der Waals surface area contributed by atoms with Gasteiger partial charge in [-0.3, -0.25) is 9.11 Å². The Morgan fingerprint density at radius 3 is 2.00 bits per heavy atom. The summed E-state index contributed by atoms with van der Waals surface area (Å²) < 4.78 is 31.6. The quantitative estimate of drug-likeness (QED) is 0.415. The van der Waals surface area contributed by atoms with Gasteiger partial charge in [-0.1, -0.05) is 18.2 Å². The van der Waals surface area contributed by atoms with Crippen molar-refractivity contribution in [2.45, 2.75) is 6.04 Å². The number of carbonyl (C=O) groups is 1. The summed E-state index contributed by atoms with van der Waals surface area (Å²) in [7, 11) is -4.67. The molecule has 1 atom stereocenters. The van der Waals surface area contributed by atoms with Crippen LogP contribution < -0.4 is 5.32 Å². The number of aliphatic carboxylic acids is 1. The molecule has 10 heteroatoms.